The molecule has 0 saturated heterocycles. The highest BCUT2D eigenvalue weighted by atomic mass is 16.2. The Morgan fingerprint density at radius 3 is 2.48 bits per heavy atom. The van der Waals surface area contributed by atoms with Gasteiger partial charge in [-0.3, -0.25) is 14.4 Å². The lowest BCUT2D eigenvalue weighted by Crippen LogP contribution is -2.45. The number of hydrogen-bond acceptors (Lipinski definition) is 4. The Morgan fingerprint density at radius 2 is 1.87 bits per heavy atom. The summed E-state index contributed by atoms with van der Waals surface area (Å²) in [7, 11) is 0. The van der Waals surface area contributed by atoms with Crippen molar-refractivity contribution in [3.05, 3.63) is 29.8 Å². The maximum atomic E-state index is 12.1. The van der Waals surface area contributed by atoms with Crippen LogP contribution in [0, 0.1) is 6.92 Å². The van der Waals surface area contributed by atoms with Crippen LogP contribution in [0.25, 0.3) is 0 Å². The van der Waals surface area contributed by atoms with E-state index in [9.17, 15) is 14.4 Å². The Balaban J connectivity index is 2.60. The monoisotopic (exact) mass is 320 g/mol. The number of carbonyl (C=O) groups excluding carboxylic acids is 3. The quantitative estimate of drug-likeness (QED) is 0.638. The fourth-order valence-corrected chi connectivity index (χ4v) is 2.00. The van der Waals surface area contributed by atoms with Gasteiger partial charge in [0.1, 0.15) is 0 Å². The molecule has 7 nitrogen and oxygen atoms in total. The van der Waals surface area contributed by atoms with Gasteiger partial charge < -0.3 is 21.3 Å². The summed E-state index contributed by atoms with van der Waals surface area (Å²) in [6, 6.07) is 7.42. The van der Waals surface area contributed by atoms with Crippen molar-refractivity contribution in [3.63, 3.8) is 0 Å². The number of para-hydroxylation sites is 1. The Hall–Kier alpha value is -2.41. The first kappa shape index (κ1) is 18.6. The number of amides is 3. The van der Waals surface area contributed by atoms with Crippen LogP contribution in [-0.2, 0) is 14.4 Å². The van der Waals surface area contributed by atoms with Crippen molar-refractivity contribution in [1.82, 2.24) is 10.2 Å². The summed E-state index contributed by atoms with van der Waals surface area (Å²) in [6.07, 6.45) is 0.716. The van der Waals surface area contributed by atoms with E-state index in [0.29, 0.717) is 13.0 Å². The predicted molar refractivity (Wildman–Crippen MR) is 88.7 cm³/mol. The first-order valence-corrected chi connectivity index (χ1v) is 7.58. The number of aryl methyl sites for hydroxylation is 1. The summed E-state index contributed by atoms with van der Waals surface area (Å²) in [5.41, 5.74) is 6.84. The van der Waals surface area contributed by atoms with Crippen LogP contribution in [-0.4, -0.2) is 48.8 Å². The molecule has 23 heavy (non-hydrogen) atoms. The van der Waals surface area contributed by atoms with Gasteiger partial charge in [0, 0.05) is 12.2 Å². The summed E-state index contributed by atoms with van der Waals surface area (Å²) in [5, 5.41) is 5.21. The molecule has 0 spiro atoms. The summed E-state index contributed by atoms with van der Waals surface area (Å²) in [6.45, 7) is 3.87. The van der Waals surface area contributed by atoms with Crippen molar-refractivity contribution in [3.8, 4) is 0 Å². The number of nitrogens with one attached hydrogen (secondary N) is 2. The fraction of sp³-hybridized carbons (Fsp3) is 0.438. The van der Waals surface area contributed by atoms with Crippen LogP contribution in [0.3, 0.4) is 0 Å². The molecule has 0 aliphatic carbocycles. The highest BCUT2D eigenvalue weighted by Crippen LogP contribution is 2.12. The van der Waals surface area contributed by atoms with Crippen LogP contribution in [0.2, 0.25) is 0 Å². The van der Waals surface area contributed by atoms with Crippen molar-refractivity contribution in [2.24, 2.45) is 5.73 Å². The fourth-order valence-electron chi connectivity index (χ4n) is 2.00. The molecular weight excluding hydrogens is 296 g/mol. The van der Waals surface area contributed by atoms with Gasteiger partial charge in [0.2, 0.25) is 17.7 Å². The molecule has 0 atom stereocenters. The molecule has 0 aromatic heterocycles. The third-order valence-electron chi connectivity index (χ3n) is 3.22. The second-order valence-electron chi connectivity index (χ2n) is 5.16. The molecule has 0 aliphatic rings. The number of nitrogens with two attached hydrogens (primary N) is 1. The molecule has 3 amide bonds. The van der Waals surface area contributed by atoms with Gasteiger partial charge in [-0.05, 0) is 25.0 Å². The summed E-state index contributed by atoms with van der Waals surface area (Å²) in [4.78, 5) is 36.8. The Labute approximate surface area is 136 Å². The van der Waals surface area contributed by atoms with E-state index in [1.807, 2.05) is 32.0 Å². The second kappa shape index (κ2) is 9.58. The molecule has 1 rings (SSSR count). The maximum Gasteiger partial charge on any atom is 0.244 e. The van der Waals surface area contributed by atoms with E-state index >= 15 is 0 Å². The van der Waals surface area contributed by atoms with E-state index in [4.69, 9.17) is 5.73 Å². The summed E-state index contributed by atoms with van der Waals surface area (Å²) < 4.78 is 0. The number of benzene rings is 1. The highest BCUT2D eigenvalue weighted by molar-refractivity contribution is 5.95. The van der Waals surface area contributed by atoms with E-state index in [2.05, 4.69) is 10.6 Å². The topological polar surface area (TPSA) is 105 Å². The average molecular weight is 320 g/mol. The molecule has 0 heterocycles. The molecule has 7 heteroatoms. The average Bonchev–Trinajstić information content (AvgIpc) is 2.54. The Bertz CT molecular complexity index is 560. The lowest BCUT2D eigenvalue weighted by atomic mass is 10.2. The summed E-state index contributed by atoms with van der Waals surface area (Å²) >= 11 is 0. The van der Waals surface area contributed by atoms with E-state index in [1.54, 1.807) is 6.07 Å². The van der Waals surface area contributed by atoms with Gasteiger partial charge in [-0.25, -0.2) is 0 Å². The molecule has 0 fully saturated rings. The number of nitrogens with zero attached hydrogens (tertiary/aromatic N) is 1. The molecule has 126 valence electrons. The van der Waals surface area contributed by atoms with Crippen LogP contribution in [0.4, 0.5) is 5.69 Å². The van der Waals surface area contributed by atoms with Crippen molar-refractivity contribution >= 4 is 23.4 Å². The van der Waals surface area contributed by atoms with Crippen molar-refractivity contribution < 1.29 is 14.4 Å². The van der Waals surface area contributed by atoms with E-state index < -0.39 is 5.91 Å². The largest absolute Gasteiger partial charge is 0.346 e. The van der Waals surface area contributed by atoms with E-state index in [-0.39, 0.29) is 31.4 Å². The van der Waals surface area contributed by atoms with Gasteiger partial charge in [0.15, 0.2) is 0 Å². The second-order valence-corrected chi connectivity index (χ2v) is 5.16. The van der Waals surface area contributed by atoms with Gasteiger partial charge in [-0.1, -0.05) is 25.1 Å². The van der Waals surface area contributed by atoms with Gasteiger partial charge >= 0.3 is 0 Å². The number of anilines is 1. The molecular formula is C16H24N4O3. The van der Waals surface area contributed by atoms with Crippen LogP contribution >= 0.6 is 0 Å². The minimum Gasteiger partial charge on any atom is -0.346 e. The Morgan fingerprint density at radius 1 is 1.17 bits per heavy atom. The van der Waals surface area contributed by atoms with Crippen molar-refractivity contribution in [2.75, 3.05) is 31.5 Å². The third kappa shape index (κ3) is 6.48. The maximum absolute atomic E-state index is 12.1. The normalized spacial score (nSPS) is 10.0. The lowest BCUT2D eigenvalue weighted by Gasteiger charge is -2.22. The predicted octanol–water partition coefficient (Wildman–Crippen LogP) is 0.247. The van der Waals surface area contributed by atoms with E-state index in [0.717, 1.165) is 11.3 Å². The Kier molecular flexibility index (Phi) is 7.76. The highest BCUT2D eigenvalue weighted by Gasteiger charge is 2.17. The van der Waals surface area contributed by atoms with Gasteiger partial charge in [-0.2, -0.15) is 0 Å². The van der Waals surface area contributed by atoms with Crippen molar-refractivity contribution in [1.29, 1.82) is 0 Å². The molecule has 0 unspecified atom stereocenters. The van der Waals surface area contributed by atoms with Gasteiger partial charge in [0.25, 0.3) is 0 Å². The molecule has 0 bridgehead atoms. The smallest absolute Gasteiger partial charge is 0.244 e. The molecule has 1 aromatic carbocycles. The van der Waals surface area contributed by atoms with Crippen molar-refractivity contribution in [2.45, 2.75) is 20.3 Å². The van der Waals surface area contributed by atoms with Gasteiger partial charge in [0.05, 0.1) is 19.6 Å². The number of hydrogen-bond donors (Lipinski definition) is 3. The minimum absolute atomic E-state index is 0.0560. The molecule has 0 aliphatic heterocycles. The first-order chi connectivity index (χ1) is 11.0. The van der Waals surface area contributed by atoms with Crippen LogP contribution in [0.15, 0.2) is 24.3 Å². The standard InChI is InChI=1S/C16H24N4O3/c1-3-8-20(16(23)10-18-14(21)9-17)11-15(22)19-13-7-5-4-6-12(13)2/h4-7H,3,8-11,17H2,1-2H3,(H,18,21)(H,19,22). The minimum atomic E-state index is -0.404. The summed E-state index contributed by atoms with van der Waals surface area (Å²) in [5.74, 6) is -0.987. The van der Waals surface area contributed by atoms with Crippen LogP contribution in [0.5, 0.6) is 0 Å². The SMILES string of the molecule is CCCN(CC(=O)Nc1ccccc1C)C(=O)CNC(=O)CN. The molecule has 4 N–H and O–H groups in total. The number of rotatable bonds is 8. The molecule has 1 aromatic rings. The third-order valence-corrected chi connectivity index (χ3v) is 3.22. The first-order valence-electron chi connectivity index (χ1n) is 7.58. The van der Waals surface area contributed by atoms with Crippen LogP contribution in [0.1, 0.15) is 18.9 Å². The molecule has 0 saturated carbocycles. The zero-order chi connectivity index (χ0) is 17.2. The van der Waals surface area contributed by atoms with Gasteiger partial charge in [-0.15, -0.1) is 0 Å². The zero-order valence-electron chi connectivity index (χ0n) is 13.6. The number of carbonyl (C=O) groups is 3. The van der Waals surface area contributed by atoms with Crippen LogP contribution < -0.4 is 16.4 Å². The molecule has 0 radical (unpaired) electrons. The zero-order valence-corrected chi connectivity index (χ0v) is 13.6. The van der Waals surface area contributed by atoms with E-state index in [1.165, 1.54) is 4.90 Å². The lowest BCUT2D eigenvalue weighted by molar-refractivity contribution is -0.135.